The molecule has 312 valence electrons. The maximum absolute atomic E-state index is 12.2. The summed E-state index contributed by atoms with van der Waals surface area (Å²) in [6, 6.07) is 10.9. The molecule has 11 rings (SSSR count). The molecular formula is C42H45F10MoN2O2-. The first kappa shape index (κ1) is 43.5. The van der Waals surface area contributed by atoms with Crippen molar-refractivity contribution < 1.29 is 72.0 Å². The summed E-state index contributed by atoms with van der Waals surface area (Å²) in [6.45, 7) is 4.70. The van der Waals surface area contributed by atoms with E-state index < -0.39 is 69.7 Å². The molecule has 8 fully saturated rings. The van der Waals surface area contributed by atoms with Gasteiger partial charge in [-0.15, -0.1) is 5.54 Å². The largest absolute Gasteiger partial charge is 0.672 e. The van der Waals surface area contributed by atoms with Crippen LogP contribution in [-0.4, -0.2) is 25.7 Å². The van der Waals surface area contributed by atoms with Crippen molar-refractivity contribution in [3.63, 3.8) is 0 Å². The van der Waals surface area contributed by atoms with Gasteiger partial charge in [-0.05, 0) is 37.0 Å². The number of halogens is 10. The van der Waals surface area contributed by atoms with E-state index in [1.165, 1.54) is 82.6 Å². The number of phenolic OH excluding ortho intramolecular Hbond substituents is 2. The molecule has 0 unspecified atom stereocenters. The first-order chi connectivity index (χ1) is 26.7. The predicted molar refractivity (Wildman–Crippen MR) is 190 cm³/mol. The van der Waals surface area contributed by atoms with Gasteiger partial charge in [0.25, 0.3) is 0 Å². The number of benzene rings is 3. The number of nitrogens with one attached hydrogen (secondary N) is 1. The Labute approximate surface area is 333 Å². The average molecular weight is 896 g/mol. The topological polar surface area (TPSA) is 76.6 Å². The van der Waals surface area contributed by atoms with Gasteiger partial charge in [-0.3, -0.25) is 0 Å². The molecule has 0 spiro atoms. The number of hydrogen-bond donors (Lipinski definition) is 2. The third-order valence-electron chi connectivity index (χ3n) is 12.5. The third-order valence-corrected chi connectivity index (χ3v) is 15.4. The van der Waals surface area contributed by atoms with Gasteiger partial charge in [0.05, 0.1) is 0 Å². The molecule has 3 aromatic carbocycles. The standard InChI is InChI=1S/C10H16N.C10H15N.C10H12.2C6HF5O.Mo/c2*11-10-4-7-1-8(5-10)3-9(2-7)6-10;1-10(2,3)9-7-5-4-6-8-9;2*7-1-2(8)4(10)6(12)5(11)3(1)9;/h7-9,11H,1-6H2;7-9H,1-6H2;1,4-8H,2-3H3;2*12H;/q-1;;;;;. The zero-order valence-corrected chi connectivity index (χ0v) is 33.4. The molecule has 0 aromatic heterocycles. The van der Waals surface area contributed by atoms with Crippen molar-refractivity contribution in [2.45, 2.75) is 107 Å². The summed E-state index contributed by atoms with van der Waals surface area (Å²) in [5.41, 5.74) is 10.3. The normalized spacial score (nSPS) is 30.0. The maximum Gasteiger partial charge on any atom is 0.206 e. The van der Waals surface area contributed by atoms with Crippen LogP contribution in [0.15, 0.2) is 33.8 Å². The van der Waals surface area contributed by atoms with Crippen LogP contribution in [0.2, 0.25) is 0 Å². The van der Waals surface area contributed by atoms with Crippen LogP contribution in [0, 0.1) is 93.7 Å². The molecule has 4 nitrogen and oxygen atoms in total. The predicted octanol–water partition coefficient (Wildman–Crippen LogP) is 12.2. The quantitative estimate of drug-likeness (QED) is 0.119. The average Bonchev–Trinajstić information content (AvgIpc) is 3.16. The molecule has 57 heavy (non-hydrogen) atoms. The van der Waals surface area contributed by atoms with Crippen molar-refractivity contribution in [3.8, 4) is 11.5 Å². The van der Waals surface area contributed by atoms with E-state index in [9.17, 15) is 43.9 Å². The Morgan fingerprint density at radius 2 is 0.842 bits per heavy atom. The number of aromatic hydroxyl groups is 2. The summed E-state index contributed by atoms with van der Waals surface area (Å²) in [5.74, 6) is -20.0. The Kier molecular flexibility index (Phi) is 12.9. The van der Waals surface area contributed by atoms with Gasteiger partial charge in [-0.2, -0.15) is 17.6 Å². The van der Waals surface area contributed by atoms with Crippen LogP contribution in [0.4, 0.5) is 43.9 Å². The van der Waals surface area contributed by atoms with E-state index >= 15 is 0 Å². The molecule has 8 aliphatic carbocycles. The van der Waals surface area contributed by atoms with Crippen LogP contribution in [-0.2, 0) is 23.3 Å². The van der Waals surface area contributed by atoms with Crippen molar-refractivity contribution in [3.05, 3.63) is 99.8 Å². The third kappa shape index (κ3) is 9.37. The second-order valence-electron chi connectivity index (χ2n) is 17.6. The molecule has 0 radical (unpaired) electrons. The summed E-state index contributed by atoms with van der Waals surface area (Å²) in [7, 11) is 0. The van der Waals surface area contributed by atoms with E-state index in [2.05, 4.69) is 48.6 Å². The van der Waals surface area contributed by atoms with Crippen molar-refractivity contribution in [2.24, 2.45) is 39.0 Å². The van der Waals surface area contributed by atoms with Crippen LogP contribution in [0.25, 0.3) is 5.73 Å². The van der Waals surface area contributed by atoms with Gasteiger partial charge in [0, 0.05) is 0 Å². The van der Waals surface area contributed by atoms with E-state index in [0.29, 0.717) is 5.54 Å². The Morgan fingerprint density at radius 1 is 0.544 bits per heavy atom. The minimum absolute atomic E-state index is 0.0503. The fraction of sp³-hybridized carbons (Fsp3) is 0.548. The van der Waals surface area contributed by atoms with E-state index in [4.69, 9.17) is 19.4 Å². The van der Waals surface area contributed by atoms with Gasteiger partial charge in [0.1, 0.15) is 0 Å². The van der Waals surface area contributed by atoms with Crippen LogP contribution in [0.3, 0.4) is 0 Å². The van der Waals surface area contributed by atoms with Gasteiger partial charge in [-0.25, -0.2) is 26.3 Å². The molecule has 0 atom stereocenters. The van der Waals surface area contributed by atoms with E-state index in [1.807, 2.05) is 0 Å². The molecule has 0 saturated heterocycles. The smallest absolute Gasteiger partial charge is 0.206 e. The molecular weight excluding hydrogens is 850 g/mol. The van der Waals surface area contributed by atoms with Crippen molar-refractivity contribution >= 4 is 4.40 Å². The first-order valence-corrected chi connectivity index (χ1v) is 21.2. The molecule has 3 N–H and O–H groups in total. The summed E-state index contributed by atoms with van der Waals surface area (Å²) in [4.78, 5) is 0. The molecule has 3 aromatic rings. The Bertz CT molecular complexity index is 1690. The molecule has 0 aliphatic heterocycles. The van der Waals surface area contributed by atoms with E-state index in [0.717, 1.165) is 35.5 Å². The Morgan fingerprint density at radius 3 is 1.16 bits per heavy atom. The van der Waals surface area contributed by atoms with Gasteiger partial charge in [0.15, 0.2) is 11.5 Å². The zero-order chi connectivity index (χ0) is 41.6. The number of nitrogens with zero attached hydrogens (tertiary/aromatic N) is 1. The Balaban J connectivity index is 0.000000136. The maximum atomic E-state index is 12.2. The van der Waals surface area contributed by atoms with Crippen molar-refractivity contribution in [1.29, 1.82) is 0 Å². The van der Waals surface area contributed by atoms with Gasteiger partial charge >= 0.3 is 143 Å². The molecule has 0 heterocycles. The molecule has 0 amide bonds. The Hall–Kier alpha value is -3.12. The van der Waals surface area contributed by atoms with E-state index in [1.54, 1.807) is 0 Å². The second-order valence-corrected chi connectivity index (χ2v) is 19.1. The molecule has 8 aliphatic rings. The SMILES string of the molecule is CC(C)([CH]=[Mo]=[N]C12CC3CC(CC(C3)C1)C2)c1ccccc1.Oc1c(F)c(F)c(F)c(F)c1F.Oc1c(F)c(F)c(F)c(F)c1F.[NH-]C12CC3CC(CC(C3)C1)C2. The van der Waals surface area contributed by atoms with Crippen molar-refractivity contribution in [1.82, 2.24) is 0 Å². The van der Waals surface area contributed by atoms with Crippen LogP contribution >= 0.6 is 0 Å². The van der Waals surface area contributed by atoms with Gasteiger partial charge in [-0.1, -0.05) is 19.3 Å². The number of phenols is 2. The molecule has 8 bridgehead atoms. The fourth-order valence-corrected chi connectivity index (χ4v) is 12.9. The summed E-state index contributed by atoms with van der Waals surface area (Å²) in [6.07, 6.45) is 16.9. The second kappa shape index (κ2) is 16.9. The van der Waals surface area contributed by atoms with Crippen LogP contribution in [0.1, 0.15) is 96.5 Å². The summed E-state index contributed by atoms with van der Waals surface area (Å²) < 4.78 is 129. The monoisotopic (exact) mass is 897 g/mol. The van der Waals surface area contributed by atoms with Gasteiger partial charge < -0.3 is 15.9 Å². The molecule has 8 saturated carbocycles. The summed E-state index contributed by atoms with van der Waals surface area (Å²) in [5, 5.41) is 16.6. The summed E-state index contributed by atoms with van der Waals surface area (Å²) >= 11 is -0.353. The minimum Gasteiger partial charge on any atom is -0.672 e. The molecule has 15 heteroatoms. The zero-order valence-electron chi connectivity index (χ0n) is 31.4. The minimum atomic E-state index is -2.29. The first-order valence-electron chi connectivity index (χ1n) is 19.1. The number of hydrogen-bond acceptors (Lipinski definition) is 3. The van der Waals surface area contributed by atoms with Crippen LogP contribution in [0.5, 0.6) is 11.5 Å². The van der Waals surface area contributed by atoms with Crippen molar-refractivity contribution in [2.75, 3.05) is 0 Å². The fourth-order valence-electron chi connectivity index (χ4n) is 10.7. The number of rotatable bonds is 3. The van der Waals surface area contributed by atoms with Crippen LogP contribution < -0.4 is 0 Å². The van der Waals surface area contributed by atoms with E-state index in [-0.39, 0.29) is 28.9 Å². The van der Waals surface area contributed by atoms with Gasteiger partial charge in [0.2, 0.25) is 58.2 Å².